The van der Waals surface area contributed by atoms with Crippen molar-refractivity contribution in [2.24, 2.45) is 5.92 Å². The van der Waals surface area contributed by atoms with Crippen LogP contribution in [0.5, 0.6) is 5.75 Å². The highest BCUT2D eigenvalue weighted by Crippen LogP contribution is 2.28. The summed E-state index contributed by atoms with van der Waals surface area (Å²) in [5.41, 5.74) is 1.21. The summed E-state index contributed by atoms with van der Waals surface area (Å²) in [6.07, 6.45) is 5.73. The molecule has 0 spiro atoms. The van der Waals surface area contributed by atoms with E-state index in [1.807, 2.05) is 12.1 Å². The molecule has 0 radical (unpaired) electrons. The van der Waals surface area contributed by atoms with Crippen LogP contribution in [-0.4, -0.2) is 23.9 Å². The summed E-state index contributed by atoms with van der Waals surface area (Å²) in [6, 6.07) is 8.59. The van der Waals surface area contributed by atoms with Crippen molar-refractivity contribution >= 4 is 0 Å². The van der Waals surface area contributed by atoms with Crippen LogP contribution >= 0.6 is 0 Å². The van der Waals surface area contributed by atoms with Crippen LogP contribution in [0.15, 0.2) is 24.3 Å². The zero-order valence-corrected chi connectivity index (χ0v) is 13.3. The van der Waals surface area contributed by atoms with Gasteiger partial charge in [0.2, 0.25) is 0 Å². The fraction of sp³-hybridized carbons (Fsp3) is 0.667. The van der Waals surface area contributed by atoms with Crippen molar-refractivity contribution in [2.75, 3.05) is 6.61 Å². The minimum Gasteiger partial charge on any atom is -0.491 e. The van der Waals surface area contributed by atoms with Gasteiger partial charge in [-0.1, -0.05) is 51.7 Å². The van der Waals surface area contributed by atoms with Gasteiger partial charge in [-0.15, -0.1) is 0 Å². The quantitative estimate of drug-likeness (QED) is 0.770. The van der Waals surface area contributed by atoms with E-state index in [9.17, 15) is 5.11 Å². The Labute approximate surface area is 128 Å². The number of ether oxygens (including phenoxy) is 1. The van der Waals surface area contributed by atoms with Crippen molar-refractivity contribution in [3.8, 4) is 5.75 Å². The normalized spacial score (nSPS) is 17.3. The Bertz CT molecular complexity index is 413. The van der Waals surface area contributed by atoms with E-state index < -0.39 is 0 Å². The molecule has 0 amide bonds. The largest absolute Gasteiger partial charge is 0.491 e. The first-order valence-corrected chi connectivity index (χ1v) is 8.26. The third kappa shape index (κ3) is 6.06. The third-order valence-corrected chi connectivity index (χ3v) is 4.14. The summed E-state index contributed by atoms with van der Waals surface area (Å²) >= 11 is 0. The van der Waals surface area contributed by atoms with E-state index in [4.69, 9.17) is 4.74 Å². The molecule has 1 aliphatic rings. The Morgan fingerprint density at radius 1 is 1.29 bits per heavy atom. The fourth-order valence-corrected chi connectivity index (χ4v) is 2.96. The van der Waals surface area contributed by atoms with Crippen molar-refractivity contribution in [1.82, 2.24) is 5.32 Å². The molecule has 0 saturated heterocycles. The highest BCUT2D eigenvalue weighted by molar-refractivity contribution is 5.28. The maximum Gasteiger partial charge on any atom is 0.119 e. The van der Waals surface area contributed by atoms with Gasteiger partial charge in [0.25, 0.3) is 0 Å². The maximum atomic E-state index is 10.1. The van der Waals surface area contributed by atoms with Gasteiger partial charge in [-0.05, 0) is 30.0 Å². The van der Waals surface area contributed by atoms with E-state index in [-0.39, 0.29) is 6.10 Å². The summed E-state index contributed by atoms with van der Waals surface area (Å²) in [6.45, 7) is 5.52. The number of nitrogens with one attached hydrogen (secondary N) is 1. The zero-order chi connectivity index (χ0) is 15.1. The maximum absolute atomic E-state index is 10.1. The number of rotatable bonds is 8. The van der Waals surface area contributed by atoms with Gasteiger partial charge in [-0.25, -0.2) is 0 Å². The lowest BCUT2D eigenvalue weighted by molar-refractivity contribution is 0.0855. The molecule has 0 bridgehead atoms. The number of aliphatic hydroxyl groups excluding tert-OH is 1. The molecule has 3 heteroatoms. The average molecular weight is 291 g/mol. The second-order valence-electron chi connectivity index (χ2n) is 6.53. The van der Waals surface area contributed by atoms with Crippen LogP contribution in [0.3, 0.4) is 0 Å². The van der Waals surface area contributed by atoms with Gasteiger partial charge in [0.05, 0.1) is 6.10 Å². The molecular formula is C18H29NO2. The molecule has 1 aliphatic carbocycles. The van der Waals surface area contributed by atoms with Gasteiger partial charge < -0.3 is 15.2 Å². The minimum atomic E-state index is -0.342. The molecule has 0 aliphatic heterocycles. The first-order valence-electron chi connectivity index (χ1n) is 8.26. The zero-order valence-electron chi connectivity index (χ0n) is 13.3. The second kappa shape index (κ2) is 8.40. The predicted molar refractivity (Wildman–Crippen MR) is 86.5 cm³/mol. The molecule has 1 fully saturated rings. The van der Waals surface area contributed by atoms with Crippen LogP contribution in [0.25, 0.3) is 0 Å². The van der Waals surface area contributed by atoms with Gasteiger partial charge >= 0.3 is 0 Å². The Morgan fingerprint density at radius 2 is 2.05 bits per heavy atom. The Hall–Kier alpha value is -1.06. The van der Waals surface area contributed by atoms with Crippen LogP contribution in [0.4, 0.5) is 0 Å². The summed E-state index contributed by atoms with van der Waals surface area (Å²) < 4.78 is 5.75. The monoisotopic (exact) mass is 291 g/mol. The standard InChI is InChI=1S/C18H29NO2/c1-14(2)19-12-16-8-5-9-18(11-16)21-13-17(20)10-15-6-3-4-7-15/h5,8-9,11,14-15,17,19-20H,3-4,6-7,10,12-13H2,1-2H3. The van der Waals surface area contributed by atoms with Gasteiger partial charge in [-0.3, -0.25) is 0 Å². The molecule has 1 saturated carbocycles. The van der Waals surface area contributed by atoms with Crippen LogP contribution in [0.1, 0.15) is 51.5 Å². The molecule has 2 rings (SSSR count). The molecule has 3 nitrogen and oxygen atoms in total. The molecular weight excluding hydrogens is 262 g/mol. The summed E-state index contributed by atoms with van der Waals surface area (Å²) in [5.74, 6) is 1.55. The number of benzene rings is 1. The Kier molecular flexibility index (Phi) is 6.52. The fourth-order valence-electron chi connectivity index (χ4n) is 2.96. The van der Waals surface area contributed by atoms with Crippen LogP contribution in [0.2, 0.25) is 0 Å². The molecule has 1 aromatic rings. The lowest BCUT2D eigenvalue weighted by Gasteiger charge is -2.16. The van der Waals surface area contributed by atoms with Gasteiger partial charge in [0.1, 0.15) is 12.4 Å². The minimum absolute atomic E-state index is 0.342. The highest BCUT2D eigenvalue weighted by atomic mass is 16.5. The Balaban J connectivity index is 1.75. The molecule has 1 unspecified atom stereocenters. The van der Waals surface area contributed by atoms with E-state index in [0.717, 1.165) is 18.7 Å². The summed E-state index contributed by atoms with van der Waals surface area (Å²) in [4.78, 5) is 0. The second-order valence-corrected chi connectivity index (χ2v) is 6.53. The van der Waals surface area contributed by atoms with Crippen LogP contribution < -0.4 is 10.1 Å². The molecule has 0 heterocycles. The summed E-state index contributed by atoms with van der Waals surface area (Å²) in [5, 5.41) is 13.5. The molecule has 2 N–H and O–H groups in total. The van der Waals surface area contributed by atoms with E-state index in [1.165, 1.54) is 31.2 Å². The first-order chi connectivity index (χ1) is 10.1. The van der Waals surface area contributed by atoms with Crippen molar-refractivity contribution in [3.05, 3.63) is 29.8 Å². The van der Waals surface area contributed by atoms with E-state index in [2.05, 4.69) is 31.3 Å². The van der Waals surface area contributed by atoms with Crippen molar-refractivity contribution in [3.63, 3.8) is 0 Å². The van der Waals surface area contributed by atoms with Gasteiger partial charge in [0, 0.05) is 12.6 Å². The number of aliphatic hydroxyl groups is 1. The van der Waals surface area contributed by atoms with E-state index in [0.29, 0.717) is 18.6 Å². The first kappa shape index (κ1) is 16.3. The van der Waals surface area contributed by atoms with Crippen molar-refractivity contribution in [1.29, 1.82) is 0 Å². The van der Waals surface area contributed by atoms with Gasteiger partial charge in [0.15, 0.2) is 0 Å². The lowest BCUT2D eigenvalue weighted by atomic mass is 10.0. The van der Waals surface area contributed by atoms with Crippen molar-refractivity contribution < 1.29 is 9.84 Å². The predicted octanol–water partition coefficient (Wildman–Crippen LogP) is 3.50. The SMILES string of the molecule is CC(C)NCc1cccc(OCC(O)CC2CCCC2)c1. The smallest absolute Gasteiger partial charge is 0.119 e. The third-order valence-electron chi connectivity index (χ3n) is 4.14. The molecule has 0 aromatic heterocycles. The lowest BCUT2D eigenvalue weighted by Crippen LogP contribution is -2.22. The molecule has 21 heavy (non-hydrogen) atoms. The van der Waals surface area contributed by atoms with Gasteiger partial charge in [-0.2, -0.15) is 0 Å². The summed E-state index contributed by atoms with van der Waals surface area (Å²) in [7, 11) is 0. The van der Waals surface area contributed by atoms with E-state index >= 15 is 0 Å². The van der Waals surface area contributed by atoms with E-state index in [1.54, 1.807) is 0 Å². The van der Waals surface area contributed by atoms with Crippen molar-refractivity contribution in [2.45, 2.75) is 64.6 Å². The van der Waals surface area contributed by atoms with Crippen LogP contribution in [-0.2, 0) is 6.54 Å². The number of hydrogen-bond acceptors (Lipinski definition) is 3. The number of hydrogen-bond donors (Lipinski definition) is 2. The molecule has 118 valence electrons. The highest BCUT2D eigenvalue weighted by Gasteiger charge is 2.19. The topological polar surface area (TPSA) is 41.5 Å². The Morgan fingerprint density at radius 3 is 2.76 bits per heavy atom. The molecule has 1 atom stereocenters. The van der Waals surface area contributed by atoms with Crippen LogP contribution in [0, 0.1) is 5.92 Å². The average Bonchev–Trinajstić information content (AvgIpc) is 2.96. The molecule has 1 aromatic carbocycles.